The van der Waals surface area contributed by atoms with Crippen LogP contribution in [0.5, 0.6) is 0 Å². The summed E-state index contributed by atoms with van der Waals surface area (Å²) < 4.78 is 5.34. The fourth-order valence-corrected chi connectivity index (χ4v) is 2.04. The molecule has 1 amide bonds. The highest BCUT2D eigenvalue weighted by atomic mass is 16.6. The standard InChI is InChI=1S/C14H27NO2/c1-3-5-6-7-9-13(4-2)12-17-14(16)15-10-8-11-15/h13H,3-12H2,1-2H3. The molecule has 1 fully saturated rings. The monoisotopic (exact) mass is 241 g/mol. The second kappa shape index (κ2) is 8.37. The minimum Gasteiger partial charge on any atom is -0.449 e. The van der Waals surface area contributed by atoms with Crippen LogP contribution in [0, 0.1) is 5.92 Å². The average Bonchev–Trinajstić information content (AvgIpc) is 2.26. The summed E-state index contributed by atoms with van der Waals surface area (Å²) in [6, 6.07) is 0. The van der Waals surface area contributed by atoms with E-state index in [9.17, 15) is 4.79 Å². The number of unbranched alkanes of at least 4 members (excludes halogenated alkanes) is 3. The average molecular weight is 241 g/mol. The first-order valence-electron chi connectivity index (χ1n) is 7.19. The third kappa shape index (κ3) is 5.42. The van der Waals surface area contributed by atoms with Gasteiger partial charge in [0, 0.05) is 13.1 Å². The van der Waals surface area contributed by atoms with Crippen LogP contribution in [0.2, 0.25) is 0 Å². The van der Waals surface area contributed by atoms with Gasteiger partial charge in [-0.1, -0.05) is 46.0 Å². The number of hydrogen-bond acceptors (Lipinski definition) is 2. The summed E-state index contributed by atoms with van der Waals surface area (Å²) in [5, 5.41) is 0. The molecule has 0 aromatic rings. The second-order valence-corrected chi connectivity index (χ2v) is 5.04. The molecule has 1 saturated heterocycles. The molecule has 3 nitrogen and oxygen atoms in total. The number of carbonyl (C=O) groups is 1. The highest BCUT2D eigenvalue weighted by Gasteiger charge is 2.22. The van der Waals surface area contributed by atoms with Crippen molar-refractivity contribution >= 4 is 6.09 Å². The van der Waals surface area contributed by atoms with Crippen molar-refractivity contribution in [2.24, 2.45) is 5.92 Å². The van der Waals surface area contributed by atoms with Crippen molar-refractivity contribution in [2.45, 2.75) is 58.8 Å². The number of likely N-dealkylation sites (tertiary alicyclic amines) is 1. The lowest BCUT2D eigenvalue weighted by atomic mass is 9.99. The van der Waals surface area contributed by atoms with E-state index in [1.54, 1.807) is 4.90 Å². The summed E-state index contributed by atoms with van der Waals surface area (Å²) in [5.74, 6) is 0.553. The van der Waals surface area contributed by atoms with E-state index in [2.05, 4.69) is 13.8 Å². The minimum absolute atomic E-state index is 0.108. The molecule has 0 bridgehead atoms. The van der Waals surface area contributed by atoms with Gasteiger partial charge in [-0.3, -0.25) is 0 Å². The predicted octanol–water partition coefficient (Wildman–Crippen LogP) is 3.83. The van der Waals surface area contributed by atoms with Crippen LogP contribution in [-0.4, -0.2) is 30.7 Å². The third-order valence-corrected chi connectivity index (χ3v) is 3.60. The van der Waals surface area contributed by atoms with Crippen LogP contribution < -0.4 is 0 Å². The van der Waals surface area contributed by atoms with Gasteiger partial charge in [0.15, 0.2) is 0 Å². The van der Waals surface area contributed by atoms with Gasteiger partial charge in [0.05, 0.1) is 6.61 Å². The molecule has 3 heteroatoms. The van der Waals surface area contributed by atoms with Crippen molar-refractivity contribution in [1.82, 2.24) is 4.90 Å². The van der Waals surface area contributed by atoms with Crippen LogP contribution in [0.1, 0.15) is 58.8 Å². The van der Waals surface area contributed by atoms with Crippen LogP contribution in [0.4, 0.5) is 4.79 Å². The Hall–Kier alpha value is -0.730. The van der Waals surface area contributed by atoms with Crippen LogP contribution in [-0.2, 0) is 4.74 Å². The number of amides is 1. The summed E-state index contributed by atoms with van der Waals surface area (Å²) in [6.45, 7) is 6.78. The normalized spacial score (nSPS) is 16.5. The SMILES string of the molecule is CCCCCCC(CC)COC(=O)N1CCC1. The molecule has 0 spiro atoms. The number of ether oxygens (including phenoxy) is 1. The highest BCUT2D eigenvalue weighted by molar-refractivity contribution is 5.68. The highest BCUT2D eigenvalue weighted by Crippen LogP contribution is 2.16. The van der Waals surface area contributed by atoms with Gasteiger partial charge in [0.1, 0.15) is 0 Å². The first-order valence-corrected chi connectivity index (χ1v) is 7.19. The molecule has 0 N–H and O–H groups in total. The molecule has 0 aliphatic carbocycles. The van der Waals surface area contributed by atoms with Crippen LogP contribution in [0.3, 0.4) is 0 Å². The molecule has 0 aromatic heterocycles. The Kier molecular flexibility index (Phi) is 7.06. The van der Waals surface area contributed by atoms with E-state index in [-0.39, 0.29) is 6.09 Å². The predicted molar refractivity (Wildman–Crippen MR) is 70.1 cm³/mol. The van der Waals surface area contributed by atoms with E-state index in [0.717, 1.165) is 25.9 Å². The molecule has 100 valence electrons. The summed E-state index contributed by atoms with van der Waals surface area (Å²) >= 11 is 0. The summed E-state index contributed by atoms with van der Waals surface area (Å²) in [6.07, 6.45) is 8.51. The molecule has 0 radical (unpaired) electrons. The van der Waals surface area contributed by atoms with Crippen molar-refractivity contribution in [3.05, 3.63) is 0 Å². The van der Waals surface area contributed by atoms with E-state index in [1.165, 1.54) is 32.1 Å². The molecular weight excluding hydrogens is 214 g/mol. The van der Waals surface area contributed by atoms with Gasteiger partial charge in [-0.15, -0.1) is 0 Å². The van der Waals surface area contributed by atoms with Gasteiger partial charge < -0.3 is 9.64 Å². The Bertz CT molecular complexity index is 214. The van der Waals surface area contributed by atoms with Gasteiger partial charge in [-0.25, -0.2) is 4.79 Å². The zero-order valence-corrected chi connectivity index (χ0v) is 11.4. The zero-order valence-electron chi connectivity index (χ0n) is 11.4. The molecule has 17 heavy (non-hydrogen) atoms. The molecule has 0 saturated carbocycles. The van der Waals surface area contributed by atoms with Crippen molar-refractivity contribution in [3.8, 4) is 0 Å². The maximum absolute atomic E-state index is 11.5. The van der Waals surface area contributed by atoms with Crippen molar-refractivity contribution in [2.75, 3.05) is 19.7 Å². The van der Waals surface area contributed by atoms with Crippen molar-refractivity contribution in [1.29, 1.82) is 0 Å². The first-order chi connectivity index (χ1) is 8.27. The third-order valence-electron chi connectivity index (χ3n) is 3.60. The zero-order chi connectivity index (χ0) is 12.5. The molecule has 1 atom stereocenters. The van der Waals surface area contributed by atoms with Crippen molar-refractivity contribution in [3.63, 3.8) is 0 Å². The molecule has 1 rings (SSSR count). The van der Waals surface area contributed by atoms with Gasteiger partial charge in [0.2, 0.25) is 0 Å². The Morgan fingerprint density at radius 3 is 2.53 bits per heavy atom. The Morgan fingerprint density at radius 2 is 2.00 bits per heavy atom. The molecule has 1 aliphatic heterocycles. The lowest BCUT2D eigenvalue weighted by Crippen LogP contribution is -2.42. The largest absolute Gasteiger partial charge is 0.449 e. The number of carbonyl (C=O) groups excluding carboxylic acids is 1. The number of hydrogen-bond donors (Lipinski definition) is 0. The van der Waals surface area contributed by atoms with E-state index < -0.39 is 0 Å². The topological polar surface area (TPSA) is 29.5 Å². The molecule has 1 aliphatic rings. The van der Waals surface area contributed by atoms with Crippen molar-refractivity contribution < 1.29 is 9.53 Å². The van der Waals surface area contributed by atoms with E-state index >= 15 is 0 Å². The molecular formula is C14H27NO2. The van der Waals surface area contributed by atoms with Gasteiger partial charge >= 0.3 is 6.09 Å². The summed E-state index contributed by atoms with van der Waals surface area (Å²) in [4.78, 5) is 13.3. The van der Waals surface area contributed by atoms with E-state index in [1.807, 2.05) is 0 Å². The van der Waals surface area contributed by atoms with E-state index in [4.69, 9.17) is 4.74 Å². The Balaban J connectivity index is 2.06. The fraction of sp³-hybridized carbons (Fsp3) is 0.929. The number of rotatable bonds is 8. The second-order valence-electron chi connectivity index (χ2n) is 5.04. The first kappa shape index (κ1) is 14.3. The number of nitrogens with zero attached hydrogens (tertiary/aromatic N) is 1. The maximum atomic E-state index is 11.5. The summed E-state index contributed by atoms with van der Waals surface area (Å²) in [7, 11) is 0. The molecule has 1 unspecified atom stereocenters. The summed E-state index contributed by atoms with van der Waals surface area (Å²) in [5.41, 5.74) is 0. The minimum atomic E-state index is -0.108. The van der Waals surface area contributed by atoms with Gasteiger partial charge in [-0.05, 0) is 18.8 Å². The fourth-order valence-electron chi connectivity index (χ4n) is 2.04. The maximum Gasteiger partial charge on any atom is 0.409 e. The quantitative estimate of drug-likeness (QED) is 0.604. The van der Waals surface area contributed by atoms with Gasteiger partial charge in [0.25, 0.3) is 0 Å². The molecule has 1 heterocycles. The molecule has 0 aromatic carbocycles. The lowest BCUT2D eigenvalue weighted by Gasteiger charge is -2.30. The van der Waals surface area contributed by atoms with Crippen LogP contribution in [0.15, 0.2) is 0 Å². The van der Waals surface area contributed by atoms with Crippen LogP contribution in [0.25, 0.3) is 0 Å². The smallest absolute Gasteiger partial charge is 0.409 e. The van der Waals surface area contributed by atoms with Gasteiger partial charge in [-0.2, -0.15) is 0 Å². The lowest BCUT2D eigenvalue weighted by molar-refractivity contribution is 0.0664. The Morgan fingerprint density at radius 1 is 1.24 bits per heavy atom. The van der Waals surface area contributed by atoms with E-state index in [0.29, 0.717) is 12.5 Å². The Labute approximate surface area is 106 Å². The van der Waals surface area contributed by atoms with Crippen LogP contribution >= 0.6 is 0 Å².